The molecule has 0 aromatic heterocycles. The van der Waals surface area contributed by atoms with E-state index in [4.69, 9.17) is 5.14 Å². The summed E-state index contributed by atoms with van der Waals surface area (Å²) >= 11 is 1.21. The van der Waals surface area contributed by atoms with E-state index in [0.717, 1.165) is 16.7 Å². The molecule has 1 rings (SSSR count). The van der Waals surface area contributed by atoms with Gasteiger partial charge in [-0.05, 0) is 43.7 Å². The Morgan fingerprint density at radius 3 is 2.21 bits per heavy atom. The van der Waals surface area contributed by atoms with Gasteiger partial charge in [0.2, 0.25) is 0 Å². The molecule has 0 aliphatic carbocycles. The fourth-order valence-electron chi connectivity index (χ4n) is 0.800. The molecule has 0 heterocycles. The highest BCUT2D eigenvalue weighted by atomic mass is 32.2. The molecule has 0 unspecified atom stereocenters. The molecule has 0 atom stereocenters. The maximum Gasteiger partial charge on any atom is 0.124 e. The number of aldehydes is 1. The summed E-state index contributed by atoms with van der Waals surface area (Å²) in [5.74, 6) is 0. The minimum absolute atomic E-state index is 0.482. The fraction of sp³-hybridized carbons (Fsp3) is 0.300. The second-order valence-electron chi connectivity index (χ2n) is 2.63. The van der Waals surface area contributed by atoms with Crippen LogP contribution >= 0.6 is 11.9 Å². The fourth-order valence-corrected chi connectivity index (χ4v) is 1.09. The first-order valence-electron chi connectivity index (χ1n) is 4.26. The molecular formula is C10H16N2OS. The van der Waals surface area contributed by atoms with Gasteiger partial charge in [0.1, 0.15) is 6.29 Å². The predicted octanol–water partition coefficient (Wildman–Crippen LogP) is 1.23. The maximum atomic E-state index is 10.1. The van der Waals surface area contributed by atoms with Crippen molar-refractivity contribution in [2.24, 2.45) is 5.14 Å². The predicted molar refractivity (Wildman–Crippen MR) is 61.2 cm³/mol. The lowest BCUT2D eigenvalue weighted by Crippen LogP contribution is -1.89. The van der Waals surface area contributed by atoms with Crippen LogP contribution < -0.4 is 10.5 Å². The van der Waals surface area contributed by atoms with Gasteiger partial charge in [-0.2, -0.15) is 0 Å². The lowest BCUT2D eigenvalue weighted by Gasteiger charge is -1.96. The molecule has 0 saturated carbocycles. The van der Waals surface area contributed by atoms with E-state index in [1.165, 1.54) is 11.9 Å². The smallest absolute Gasteiger partial charge is 0.124 e. The summed E-state index contributed by atoms with van der Waals surface area (Å²) in [4.78, 5) is 11.1. The Morgan fingerprint density at radius 1 is 1.36 bits per heavy atom. The van der Waals surface area contributed by atoms with Gasteiger partial charge in [-0.25, -0.2) is 0 Å². The van der Waals surface area contributed by atoms with Crippen LogP contribution in [0.5, 0.6) is 0 Å². The highest BCUT2D eigenvalue weighted by Crippen LogP contribution is 2.11. The molecule has 0 radical (unpaired) electrons. The van der Waals surface area contributed by atoms with Crippen LogP contribution in [0.25, 0.3) is 0 Å². The van der Waals surface area contributed by atoms with E-state index in [-0.39, 0.29) is 0 Å². The molecule has 0 saturated heterocycles. The minimum atomic E-state index is 0.482. The Morgan fingerprint density at radius 2 is 1.86 bits per heavy atom. The zero-order valence-electron chi connectivity index (χ0n) is 8.49. The third kappa shape index (κ3) is 5.75. The highest BCUT2D eigenvalue weighted by molar-refractivity contribution is 7.97. The van der Waals surface area contributed by atoms with Gasteiger partial charge in [0.25, 0.3) is 0 Å². The number of hydrogen-bond donors (Lipinski definition) is 2. The van der Waals surface area contributed by atoms with Crippen LogP contribution in [0, 0.1) is 0 Å². The van der Waals surface area contributed by atoms with Gasteiger partial charge in [0.15, 0.2) is 0 Å². The van der Waals surface area contributed by atoms with Gasteiger partial charge < -0.3 is 10.1 Å². The first kappa shape index (κ1) is 13.2. The third-order valence-electron chi connectivity index (χ3n) is 1.38. The van der Waals surface area contributed by atoms with Crippen LogP contribution in [0.15, 0.2) is 29.2 Å². The number of nitrogens with two attached hydrogens (primary N) is 1. The van der Waals surface area contributed by atoms with Crippen molar-refractivity contribution in [3.63, 3.8) is 0 Å². The maximum absolute atomic E-state index is 10.1. The van der Waals surface area contributed by atoms with Crippen LogP contribution in [0.2, 0.25) is 0 Å². The van der Waals surface area contributed by atoms with Gasteiger partial charge in [-0.1, -0.05) is 12.1 Å². The Labute approximate surface area is 89.2 Å². The van der Waals surface area contributed by atoms with E-state index in [1.54, 1.807) is 0 Å². The van der Waals surface area contributed by atoms with Crippen LogP contribution in [-0.2, 0) is 11.2 Å². The quantitative estimate of drug-likeness (QED) is 0.584. The lowest BCUT2D eigenvalue weighted by atomic mass is 10.2. The van der Waals surface area contributed by atoms with Crippen LogP contribution in [0.1, 0.15) is 5.56 Å². The van der Waals surface area contributed by atoms with E-state index in [2.05, 4.69) is 5.32 Å². The summed E-state index contributed by atoms with van der Waals surface area (Å²) in [6.07, 6.45) is 1.38. The average molecular weight is 212 g/mol. The zero-order chi connectivity index (χ0) is 10.8. The summed E-state index contributed by atoms with van der Waals surface area (Å²) < 4.78 is 0. The molecule has 14 heavy (non-hydrogen) atoms. The number of carbonyl (C=O) groups is 1. The Balaban J connectivity index is 0.000000500. The van der Waals surface area contributed by atoms with E-state index in [0.29, 0.717) is 6.42 Å². The van der Waals surface area contributed by atoms with E-state index >= 15 is 0 Å². The zero-order valence-corrected chi connectivity index (χ0v) is 9.30. The molecule has 3 N–H and O–H groups in total. The Bertz CT molecular complexity index is 249. The average Bonchev–Trinajstić information content (AvgIpc) is 2.21. The van der Waals surface area contributed by atoms with Crippen molar-refractivity contribution < 1.29 is 4.79 Å². The third-order valence-corrected chi connectivity index (χ3v) is 1.92. The first-order valence-corrected chi connectivity index (χ1v) is 5.14. The van der Waals surface area contributed by atoms with Gasteiger partial charge in [-0.3, -0.25) is 5.14 Å². The van der Waals surface area contributed by atoms with Crippen molar-refractivity contribution in [3.8, 4) is 0 Å². The second-order valence-corrected chi connectivity index (χ2v) is 3.34. The molecule has 0 amide bonds. The molecule has 0 aliphatic rings. The van der Waals surface area contributed by atoms with Gasteiger partial charge in [0, 0.05) is 11.3 Å². The molecule has 0 aliphatic heterocycles. The Hall–Kier alpha value is -0.840. The SMILES string of the molecule is CNC.NSc1ccc(CC=O)cc1. The monoisotopic (exact) mass is 212 g/mol. The van der Waals surface area contributed by atoms with E-state index in [9.17, 15) is 4.79 Å². The molecule has 0 spiro atoms. The molecular weight excluding hydrogens is 196 g/mol. The summed E-state index contributed by atoms with van der Waals surface area (Å²) in [6.45, 7) is 0. The molecule has 3 nitrogen and oxygen atoms in total. The van der Waals surface area contributed by atoms with Gasteiger partial charge >= 0.3 is 0 Å². The molecule has 0 fully saturated rings. The summed E-state index contributed by atoms with van der Waals surface area (Å²) in [5, 5.41) is 8.07. The van der Waals surface area contributed by atoms with Crippen molar-refractivity contribution in [3.05, 3.63) is 29.8 Å². The number of rotatable bonds is 3. The Kier molecular flexibility index (Phi) is 8.22. The molecule has 78 valence electrons. The molecule has 1 aromatic carbocycles. The standard InChI is InChI=1S/C8H9NOS.C2H7N/c9-11-8-3-1-7(2-4-8)5-6-10;1-3-2/h1-4,6H,5,9H2;3H,1-2H3. The second kappa shape index (κ2) is 8.74. The number of nitrogens with one attached hydrogen (secondary N) is 1. The largest absolute Gasteiger partial charge is 0.323 e. The summed E-state index contributed by atoms with van der Waals surface area (Å²) in [6, 6.07) is 7.63. The number of hydrogen-bond acceptors (Lipinski definition) is 4. The van der Waals surface area contributed by atoms with Crippen LogP contribution in [0.3, 0.4) is 0 Å². The first-order chi connectivity index (χ1) is 6.78. The van der Waals surface area contributed by atoms with Crippen molar-refractivity contribution in [1.29, 1.82) is 0 Å². The van der Waals surface area contributed by atoms with E-state index in [1.807, 2.05) is 38.4 Å². The topological polar surface area (TPSA) is 55.1 Å². The molecule has 1 aromatic rings. The molecule has 4 heteroatoms. The lowest BCUT2D eigenvalue weighted by molar-refractivity contribution is -0.107. The van der Waals surface area contributed by atoms with Gasteiger partial charge in [0.05, 0.1) is 0 Å². The highest BCUT2D eigenvalue weighted by Gasteiger charge is 1.91. The van der Waals surface area contributed by atoms with Crippen LogP contribution in [0.4, 0.5) is 0 Å². The van der Waals surface area contributed by atoms with E-state index < -0.39 is 0 Å². The number of carbonyl (C=O) groups excluding carboxylic acids is 1. The normalized spacial score (nSPS) is 8.79. The summed E-state index contributed by atoms with van der Waals surface area (Å²) in [7, 11) is 3.75. The minimum Gasteiger partial charge on any atom is -0.323 e. The van der Waals surface area contributed by atoms with Gasteiger partial charge in [-0.15, -0.1) is 0 Å². The van der Waals surface area contributed by atoms with Crippen molar-refractivity contribution in [1.82, 2.24) is 5.32 Å². The van der Waals surface area contributed by atoms with Crippen LogP contribution in [-0.4, -0.2) is 20.4 Å². The van der Waals surface area contributed by atoms with Crippen molar-refractivity contribution in [2.75, 3.05) is 14.1 Å². The van der Waals surface area contributed by atoms with Crippen molar-refractivity contribution >= 4 is 18.2 Å². The molecule has 0 bridgehead atoms. The number of benzene rings is 1. The summed E-state index contributed by atoms with van der Waals surface area (Å²) in [5.41, 5.74) is 1.03. The van der Waals surface area contributed by atoms with Crippen molar-refractivity contribution in [2.45, 2.75) is 11.3 Å².